The zero-order chi connectivity index (χ0) is 14.6. The number of methoxy groups -OCH3 is 1. The quantitative estimate of drug-likeness (QED) is 0.810. The van der Waals surface area contributed by atoms with Crippen molar-refractivity contribution in [3.8, 4) is 5.75 Å². The van der Waals surface area contributed by atoms with Crippen molar-refractivity contribution in [3.63, 3.8) is 0 Å². The normalized spacial score (nSPS) is 25.3. The average Bonchev–Trinajstić information content (AvgIpc) is 2.41. The molecule has 1 fully saturated rings. The van der Waals surface area contributed by atoms with E-state index in [-0.39, 0.29) is 5.41 Å². The summed E-state index contributed by atoms with van der Waals surface area (Å²) in [5.41, 5.74) is 3.02. The Labute approximate surface area is 123 Å². The van der Waals surface area contributed by atoms with Gasteiger partial charge in [0.1, 0.15) is 5.75 Å². The van der Waals surface area contributed by atoms with Crippen molar-refractivity contribution in [2.45, 2.75) is 51.9 Å². The van der Waals surface area contributed by atoms with Crippen molar-refractivity contribution in [3.05, 3.63) is 29.3 Å². The van der Waals surface area contributed by atoms with Gasteiger partial charge >= 0.3 is 0 Å². The smallest absolute Gasteiger partial charge is 0.122 e. The van der Waals surface area contributed by atoms with E-state index in [0.717, 1.165) is 24.8 Å². The molecule has 0 radical (unpaired) electrons. The molecule has 2 nitrogen and oxygen atoms in total. The summed E-state index contributed by atoms with van der Waals surface area (Å²) in [7, 11) is 1.79. The lowest BCUT2D eigenvalue weighted by atomic mass is 9.57. The first-order valence-electron chi connectivity index (χ1n) is 8.01. The number of hydrogen-bond acceptors (Lipinski definition) is 2. The second-order valence-electron chi connectivity index (χ2n) is 6.33. The van der Waals surface area contributed by atoms with Crippen LogP contribution in [0.4, 0.5) is 0 Å². The highest BCUT2D eigenvalue weighted by atomic mass is 16.5. The van der Waals surface area contributed by atoms with Gasteiger partial charge in [-0.3, -0.25) is 0 Å². The number of ether oxygens (including phenoxy) is 1. The monoisotopic (exact) mass is 275 g/mol. The fraction of sp³-hybridized carbons (Fsp3) is 0.667. The van der Waals surface area contributed by atoms with E-state index in [1.807, 2.05) is 0 Å². The highest BCUT2D eigenvalue weighted by Gasteiger charge is 2.45. The third-order valence-corrected chi connectivity index (χ3v) is 4.70. The van der Waals surface area contributed by atoms with Crippen molar-refractivity contribution in [2.24, 2.45) is 5.92 Å². The van der Waals surface area contributed by atoms with Crippen molar-refractivity contribution in [2.75, 3.05) is 20.2 Å². The standard InChI is InChI=1S/C18H29NO/c1-5-7-15-11-18(12-15,13-19-6-2)16-10-14(3)8-9-17(16)20-4/h8-10,15,19H,5-7,11-13H2,1-4H3. The van der Waals surface area contributed by atoms with Crippen LogP contribution in [0.5, 0.6) is 5.75 Å². The molecule has 2 rings (SSSR count). The second kappa shape index (κ2) is 6.62. The Hall–Kier alpha value is -1.02. The molecule has 0 bridgehead atoms. The van der Waals surface area contributed by atoms with Crippen LogP contribution in [0.3, 0.4) is 0 Å². The maximum Gasteiger partial charge on any atom is 0.122 e. The molecule has 0 unspecified atom stereocenters. The Kier molecular flexibility index (Phi) is 5.09. The van der Waals surface area contributed by atoms with Crippen molar-refractivity contribution >= 4 is 0 Å². The van der Waals surface area contributed by atoms with Gasteiger partial charge in [0.15, 0.2) is 0 Å². The number of benzene rings is 1. The van der Waals surface area contributed by atoms with Crippen LogP contribution in [0, 0.1) is 12.8 Å². The Morgan fingerprint density at radius 3 is 2.65 bits per heavy atom. The number of likely N-dealkylation sites (N-methyl/N-ethyl adjacent to an activating group) is 1. The zero-order valence-electron chi connectivity index (χ0n) is 13.5. The minimum absolute atomic E-state index is 0.285. The van der Waals surface area contributed by atoms with Gasteiger partial charge in [0, 0.05) is 17.5 Å². The average molecular weight is 275 g/mol. The lowest BCUT2D eigenvalue weighted by molar-refractivity contribution is 0.126. The molecule has 1 aromatic rings. The maximum atomic E-state index is 5.63. The van der Waals surface area contributed by atoms with Crippen LogP contribution >= 0.6 is 0 Å². The lowest BCUT2D eigenvalue weighted by Gasteiger charge is -2.49. The van der Waals surface area contributed by atoms with E-state index in [0.29, 0.717) is 0 Å². The molecule has 0 atom stereocenters. The lowest BCUT2D eigenvalue weighted by Crippen LogP contribution is -2.48. The first-order chi connectivity index (χ1) is 9.65. The molecule has 0 aromatic heterocycles. The minimum Gasteiger partial charge on any atom is -0.496 e. The summed E-state index contributed by atoms with van der Waals surface area (Å²) < 4.78 is 5.63. The molecule has 1 aliphatic carbocycles. The molecular formula is C18H29NO. The van der Waals surface area contributed by atoms with Crippen LogP contribution in [0.1, 0.15) is 50.7 Å². The molecule has 1 aliphatic rings. The summed E-state index contributed by atoms with van der Waals surface area (Å²) >= 11 is 0. The predicted octanol–water partition coefficient (Wildman–Crippen LogP) is 4.06. The second-order valence-corrected chi connectivity index (χ2v) is 6.33. The topological polar surface area (TPSA) is 21.3 Å². The van der Waals surface area contributed by atoms with Crippen LogP contribution in [-0.2, 0) is 5.41 Å². The Bertz CT molecular complexity index is 435. The molecule has 0 heterocycles. The summed E-state index contributed by atoms with van der Waals surface area (Å²) in [5.74, 6) is 1.95. The molecule has 0 aliphatic heterocycles. The molecule has 1 N–H and O–H groups in total. The number of aryl methyl sites for hydroxylation is 1. The molecule has 2 heteroatoms. The van der Waals surface area contributed by atoms with Crippen LogP contribution < -0.4 is 10.1 Å². The number of rotatable bonds is 7. The van der Waals surface area contributed by atoms with Crippen molar-refractivity contribution in [1.82, 2.24) is 5.32 Å². The van der Waals surface area contributed by atoms with Crippen LogP contribution in [0.15, 0.2) is 18.2 Å². The molecule has 20 heavy (non-hydrogen) atoms. The van der Waals surface area contributed by atoms with Crippen molar-refractivity contribution in [1.29, 1.82) is 0 Å². The number of nitrogens with one attached hydrogen (secondary N) is 1. The molecular weight excluding hydrogens is 246 g/mol. The van der Waals surface area contributed by atoms with Gasteiger partial charge in [-0.25, -0.2) is 0 Å². The first-order valence-corrected chi connectivity index (χ1v) is 8.01. The highest BCUT2D eigenvalue weighted by molar-refractivity contribution is 5.44. The maximum absolute atomic E-state index is 5.63. The largest absolute Gasteiger partial charge is 0.496 e. The van der Waals surface area contributed by atoms with E-state index in [2.05, 4.69) is 44.3 Å². The summed E-state index contributed by atoms with van der Waals surface area (Å²) in [5, 5.41) is 3.57. The van der Waals surface area contributed by atoms with Crippen LogP contribution in [0.2, 0.25) is 0 Å². The van der Waals surface area contributed by atoms with E-state index in [1.54, 1.807) is 7.11 Å². The first kappa shape index (κ1) is 15.4. The van der Waals surface area contributed by atoms with E-state index < -0.39 is 0 Å². The van der Waals surface area contributed by atoms with Crippen molar-refractivity contribution < 1.29 is 4.74 Å². The van der Waals surface area contributed by atoms with Gasteiger partial charge in [0.05, 0.1) is 7.11 Å². The highest BCUT2D eigenvalue weighted by Crippen LogP contribution is 2.51. The molecule has 0 amide bonds. The third-order valence-electron chi connectivity index (χ3n) is 4.70. The van der Waals surface area contributed by atoms with E-state index in [9.17, 15) is 0 Å². The van der Waals surface area contributed by atoms with E-state index in [4.69, 9.17) is 4.74 Å². The molecule has 0 spiro atoms. The zero-order valence-corrected chi connectivity index (χ0v) is 13.5. The van der Waals surface area contributed by atoms with E-state index in [1.165, 1.54) is 36.8 Å². The van der Waals surface area contributed by atoms with Crippen LogP contribution in [-0.4, -0.2) is 20.2 Å². The Morgan fingerprint density at radius 1 is 1.30 bits per heavy atom. The van der Waals surface area contributed by atoms with Gasteiger partial charge in [-0.15, -0.1) is 0 Å². The Balaban J connectivity index is 2.26. The molecule has 112 valence electrons. The third kappa shape index (κ3) is 3.01. The van der Waals surface area contributed by atoms with Gasteiger partial charge < -0.3 is 10.1 Å². The summed E-state index contributed by atoms with van der Waals surface area (Å²) in [4.78, 5) is 0. The van der Waals surface area contributed by atoms with Gasteiger partial charge in [-0.2, -0.15) is 0 Å². The Morgan fingerprint density at radius 2 is 2.05 bits per heavy atom. The summed E-state index contributed by atoms with van der Waals surface area (Å²) in [6, 6.07) is 6.61. The predicted molar refractivity (Wildman–Crippen MR) is 85.6 cm³/mol. The van der Waals surface area contributed by atoms with Crippen LogP contribution in [0.25, 0.3) is 0 Å². The summed E-state index contributed by atoms with van der Waals surface area (Å²) in [6.45, 7) is 8.75. The van der Waals surface area contributed by atoms with E-state index >= 15 is 0 Å². The SMILES string of the molecule is CCCC1CC(CNCC)(c2cc(C)ccc2OC)C1. The summed E-state index contributed by atoms with van der Waals surface area (Å²) in [6.07, 6.45) is 5.26. The fourth-order valence-electron chi connectivity index (χ4n) is 3.72. The van der Waals surface area contributed by atoms with Gasteiger partial charge in [-0.05, 0) is 38.3 Å². The van der Waals surface area contributed by atoms with Gasteiger partial charge in [0.2, 0.25) is 0 Å². The van der Waals surface area contributed by atoms with Gasteiger partial charge in [0.25, 0.3) is 0 Å². The fourth-order valence-corrected chi connectivity index (χ4v) is 3.72. The number of hydrogen-bond donors (Lipinski definition) is 1. The molecule has 0 saturated heterocycles. The minimum atomic E-state index is 0.285. The molecule has 1 aromatic carbocycles. The van der Waals surface area contributed by atoms with Gasteiger partial charge in [-0.1, -0.05) is 44.4 Å². The molecule has 1 saturated carbocycles.